The molecule has 0 spiro atoms. The van der Waals surface area contributed by atoms with Crippen LogP contribution in [-0.2, 0) is 17.4 Å². The molecule has 5 heteroatoms. The molecule has 0 aliphatic rings. The number of halogens is 4. The van der Waals surface area contributed by atoms with Crippen LogP contribution in [0.3, 0.4) is 0 Å². The van der Waals surface area contributed by atoms with Crippen LogP contribution in [0, 0.1) is 10.5 Å². The molecule has 0 aliphatic carbocycles. The average Bonchev–Trinajstić information content (AvgIpc) is 2.21. The van der Waals surface area contributed by atoms with Crippen molar-refractivity contribution in [2.75, 3.05) is 0 Å². The maximum atomic E-state index is 12.8. The normalized spacial score (nSPS) is 11.6. The van der Waals surface area contributed by atoms with Crippen molar-refractivity contribution >= 4 is 28.4 Å². The first-order chi connectivity index (χ1) is 7.75. The molecule has 0 bridgehead atoms. The van der Waals surface area contributed by atoms with E-state index >= 15 is 0 Å². The number of ketones is 1. The van der Waals surface area contributed by atoms with Crippen molar-refractivity contribution in [2.24, 2.45) is 0 Å². The van der Waals surface area contributed by atoms with Gasteiger partial charge >= 0.3 is 6.18 Å². The zero-order valence-corrected chi connectivity index (χ0v) is 11.6. The Morgan fingerprint density at radius 1 is 1.35 bits per heavy atom. The summed E-state index contributed by atoms with van der Waals surface area (Å²) in [7, 11) is 0. The molecule has 1 nitrogen and oxygen atoms in total. The third-order valence-corrected chi connectivity index (χ3v) is 3.63. The predicted molar refractivity (Wildman–Crippen MR) is 67.9 cm³/mol. The van der Waals surface area contributed by atoms with Gasteiger partial charge in [0.25, 0.3) is 0 Å². The molecule has 0 atom stereocenters. The van der Waals surface area contributed by atoms with E-state index < -0.39 is 11.7 Å². The van der Waals surface area contributed by atoms with Gasteiger partial charge in [0.15, 0.2) is 0 Å². The Labute approximate surface area is 112 Å². The van der Waals surface area contributed by atoms with E-state index in [9.17, 15) is 18.0 Å². The number of carbonyl (C=O) groups excluding carboxylic acids is 1. The molecule has 17 heavy (non-hydrogen) atoms. The number of aryl methyl sites for hydroxylation is 1. The topological polar surface area (TPSA) is 17.1 Å². The van der Waals surface area contributed by atoms with Gasteiger partial charge in [-0.25, -0.2) is 0 Å². The van der Waals surface area contributed by atoms with Crippen molar-refractivity contribution in [3.8, 4) is 0 Å². The molecular weight excluding hydrogens is 344 g/mol. The van der Waals surface area contributed by atoms with E-state index in [-0.39, 0.29) is 24.2 Å². The second-order valence-electron chi connectivity index (χ2n) is 3.83. The van der Waals surface area contributed by atoms with Gasteiger partial charge < -0.3 is 0 Å². The molecule has 1 aromatic carbocycles. The highest BCUT2D eigenvalue weighted by atomic mass is 127. The van der Waals surface area contributed by atoms with Crippen molar-refractivity contribution in [1.82, 2.24) is 0 Å². The number of benzene rings is 1. The average molecular weight is 356 g/mol. The Bertz CT molecular complexity index is 438. The SMILES string of the molecule is CCC(=O)Cc1cc(C)c(I)cc1C(F)(F)F. The number of carbonyl (C=O) groups is 1. The first-order valence-electron chi connectivity index (χ1n) is 5.13. The minimum Gasteiger partial charge on any atom is -0.299 e. The van der Waals surface area contributed by atoms with E-state index in [0.717, 1.165) is 11.6 Å². The van der Waals surface area contributed by atoms with E-state index in [1.54, 1.807) is 13.8 Å². The van der Waals surface area contributed by atoms with Crippen LogP contribution in [-0.4, -0.2) is 5.78 Å². The maximum Gasteiger partial charge on any atom is 0.416 e. The van der Waals surface area contributed by atoms with Gasteiger partial charge in [0, 0.05) is 16.4 Å². The molecule has 0 aliphatic heterocycles. The largest absolute Gasteiger partial charge is 0.416 e. The smallest absolute Gasteiger partial charge is 0.299 e. The first kappa shape index (κ1) is 14.5. The van der Waals surface area contributed by atoms with Crippen LogP contribution in [0.15, 0.2) is 12.1 Å². The zero-order chi connectivity index (χ0) is 13.2. The summed E-state index contributed by atoms with van der Waals surface area (Å²) in [6, 6.07) is 2.56. The van der Waals surface area contributed by atoms with Crippen LogP contribution >= 0.6 is 22.6 Å². The van der Waals surface area contributed by atoms with Crippen LogP contribution in [0.4, 0.5) is 13.2 Å². The highest BCUT2D eigenvalue weighted by Gasteiger charge is 2.34. The van der Waals surface area contributed by atoms with Crippen LogP contribution in [0.2, 0.25) is 0 Å². The number of rotatable bonds is 3. The van der Waals surface area contributed by atoms with Crippen molar-refractivity contribution in [2.45, 2.75) is 32.9 Å². The van der Waals surface area contributed by atoms with Gasteiger partial charge in [-0.1, -0.05) is 13.0 Å². The quantitative estimate of drug-likeness (QED) is 0.744. The molecule has 0 heterocycles. The van der Waals surface area contributed by atoms with Crippen molar-refractivity contribution in [1.29, 1.82) is 0 Å². The highest BCUT2D eigenvalue weighted by Crippen LogP contribution is 2.34. The molecule has 0 N–H and O–H groups in total. The van der Waals surface area contributed by atoms with Crippen LogP contribution in [0.5, 0.6) is 0 Å². The Hall–Kier alpha value is -0.590. The molecule has 0 unspecified atom stereocenters. The summed E-state index contributed by atoms with van der Waals surface area (Å²) < 4.78 is 39.0. The van der Waals surface area contributed by atoms with Crippen molar-refractivity contribution in [3.63, 3.8) is 0 Å². The molecule has 1 aromatic rings. The van der Waals surface area contributed by atoms with E-state index in [2.05, 4.69) is 0 Å². The molecule has 0 saturated heterocycles. The van der Waals surface area contributed by atoms with Gasteiger partial charge in [-0.2, -0.15) is 13.2 Å². The van der Waals surface area contributed by atoms with Gasteiger partial charge in [-0.15, -0.1) is 0 Å². The second-order valence-corrected chi connectivity index (χ2v) is 4.99. The van der Waals surface area contributed by atoms with Crippen LogP contribution < -0.4 is 0 Å². The summed E-state index contributed by atoms with van der Waals surface area (Å²) >= 11 is 1.86. The van der Waals surface area contributed by atoms with Gasteiger partial charge in [0.2, 0.25) is 0 Å². The van der Waals surface area contributed by atoms with Crippen LogP contribution in [0.25, 0.3) is 0 Å². The third kappa shape index (κ3) is 3.69. The second kappa shape index (κ2) is 5.37. The number of Topliss-reactive ketones (excluding diaryl/α,β-unsaturated/α-hetero) is 1. The predicted octanol–water partition coefficient (Wildman–Crippen LogP) is 4.14. The maximum absolute atomic E-state index is 12.8. The lowest BCUT2D eigenvalue weighted by Gasteiger charge is -2.14. The highest BCUT2D eigenvalue weighted by molar-refractivity contribution is 14.1. The fourth-order valence-corrected chi connectivity index (χ4v) is 1.96. The summed E-state index contributed by atoms with van der Waals surface area (Å²) in [6.07, 6.45) is -4.30. The van der Waals surface area contributed by atoms with Crippen molar-refractivity contribution < 1.29 is 18.0 Å². The molecule has 0 saturated carbocycles. The molecule has 0 radical (unpaired) electrons. The molecule has 94 valence electrons. The lowest BCUT2D eigenvalue weighted by atomic mass is 9.99. The molecule has 0 fully saturated rings. The minimum absolute atomic E-state index is 0.0715. The summed E-state index contributed by atoms with van der Waals surface area (Å²) in [6.45, 7) is 3.39. The lowest BCUT2D eigenvalue weighted by Crippen LogP contribution is -2.13. The molecule has 0 aromatic heterocycles. The van der Waals surface area contributed by atoms with E-state index in [0.29, 0.717) is 3.57 Å². The lowest BCUT2D eigenvalue weighted by molar-refractivity contribution is -0.138. The Kier molecular flexibility index (Phi) is 4.57. The number of hydrogen-bond donors (Lipinski definition) is 0. The first-order valence-corrected chi connectivity index (χ1v) is 6.21. The van der Waals surface area contributed by atoms with Gasteiger partial charge in [0.1, 0.15) is 5.78 Å². The third-order valence-electron chi connectivity index (χ3n) is 2.47. The zero-order valence-electron chi connectivity index (χ0n) is 9.49. The Morgan fingerprint density at radius 3 is 2.41 bits per heavy atom. The number of alkyl halides is 3. The minimum atomic E-state index is -4.41. The standard InChI is InChI=1S/C12H12F3IO/c1-3-9(17)5-8-4-7(2)11(16)6-10(8)12(13,14)15/h4,6H,3,5H2,1-2H3. The van der Waals surface area contributed by atoms with Gasteiger partial charge in [0.05, 0.1) is 5.56 Å². The van der Waals surface area contributed by atoms with Crippen LogP contribution in [0.1, 0.15) is 30.0 Å². The van der Waals surface area contributed by atoms with Gasteiger partial charge in [-0.3, -0.25) is 4.79 Å². The summed E-state index contributed by atoms with van der Waals surface area (Å²) in [4.78, 5) is 11.3. The number of hydrogen-bond acceptors (Lipinski definition) is 1. The monoisotopic (exact) mass is 356 g/mol. The van der Waals surface area contributed by atoms with E-state index in [1.807, 2.05) is 22.6 Å². The summed E-state index contributed by atoms with van der Waals surface area (Å²) in [5.41, 5.74) is 0.133. The fourth-order valence-electron chi connectivity index (χ4n) is 1.49. The fraction of sp³-hybridized carbons (Fsp3) is 0.417. The molecule has 0 amide bonds. The molecule has 1 rings (SSSR count). The van der Waals surface area contributed by atoms with Crippen molar-refractivity contribution in [3.05, 3.63) is 32.4 Å². The van der Waals surface area contributed by atoms with E-state index in [1.165, 1.54) is 6.07 Å². The van der Waals surface area contributed by atoms with Gasteiger partial charge in [-0.05, 0) is 46.7 Å². The summed E-state index contributed by atoms with van der Waals surface area (Å²) in [5.74, 6) is -0.184. The summed E-state index contributed by atoms with van der Waals surface area (Å²) in [5, 5.41) is 0. The Morgan fingerprint density at radius 2 is 1.94 bits per heavy atom. The Balaban J connectivity index is 3.26. The van der Waals surface area contributed by atoms with E-state index in [4.69, 9.17) is 0 Å². The molecular formula is C12H12F3IO.